The van der Waals surface area contributed by atoms with Crippen molar-refractivity contribution in [2.45, 2.75) is 65.3 Å². The van der Waals surface area contributed by atoms with E-state index in [0.29, 0.717) is 17.9 Å². The van der Waals surface area contributed by atoms with Gasteiger partial charge in [-0.3, -0.25) is 9.59 Å². The highest BCUT2D eigenvalue weighted by Gasteiger charge is 2.37. The molecule has 0 aliphatic rings. The van der Waals surface area contributed by atoms with E-state index in [4.69, 9.17) is 19.9 Å². The Labute approximate surface area is 149 Å². The van der Waals surface area contributed by atoms with Crippen LogP contribution in [0.25, 0.3) is 0 Å². The van der Waals surface area contributed by atoms with Crippen LogP contribution in [0.4, 0.5) is 5.69 Å². The molecule has 1 aromatic rings. The predicted molar refractivity (Wildman–Crippen MR) is 96.0 cm³/mol. The number of rotatable bonds is 5. The predicted octanol–water partition coefficient (Wildman–Crippen LogP) is 3.18. The molecule has 0 atom stereocenters. The minimum Gasteiger partial charge on any atom is -0.459 e. The molecule has 0 radical (unpaired) electrons. The van der Waals surface area contributed by atoms with Crippen LogP contribution in [-0.4, -0.2) is 30.3 Å². The highest BCUT2D eigenvalue weighted by atomic mass is 16.6. The number of ether oxygens (including phenoxy) is 3. The van der Waals surface area contributed by atoms with Crippen LogP contribution >= 0.6 is 0 Å². The van der Waals surface area contributed by atoms with E-state index in [2.05, 4.69) is 0 Å². The maximum Gasteiger partial charge on any atom is 0.325 e. The minimum atomic E-state index is -1.24. The standard InChI is InChI=1S/C19H29NO5/c1-18(2,3)24-16(21)15(17(22)25-19(4,5)6)13-9-8-12(11-23-7)10-14(13)20/h8-10,15H,11,20H2,1-7H3. The van der Waals surface area contributed by atoms with Gasteiger partial charge in [0.25, 0.3) is 0 Å². The van der Waals surface area contributed by atoms with Gasteiger partial charge in [0.15, 0.2) is 5.92 Å². The van der Waals surface area contributed by atoms with E-state index >= 15 is 0 Å². The average Bonchev–Trinajstić information content (AvgIpc) is 2.37. The van der Waals surface area contributed by atoms with Crippen LogP contribution in [0.5, 0.6) is 0 Å². The molecule has 0 bridgehead atoms. The first kappa shape index (κ1) is 21.0. The first-order valence-corrected chi connectivity index (χ1v) is 8.17. The number of anilines is 1. The van der Waals surface area contributed by atoms with Crippen LogP contribution in [0.2, 0.25) is 0 Å². The number of benzene rings is 1. The van der Waals surface area contributed by atoms with Gasteiger partial charge in [0.1, 0.15) is 11.2 Å². The lowest BCUT2D eigenvalue weighted by Crippen LogP contribution is -2.35. The summed E-state index contributed by atoms with van der Waals surface area (Å²) < 4.78 is 15.9. The van der Waals surface area contributed by atoms with Crippen molar-refractivity contribution in [2.24, 2.45) is 0 Å². The zero-order valence-corrected chi connectivity index (χ0v) is 16.1. The lowest BCUT2D eigenvalue weighted by molar-refractivity contribution is -0.169. The van der Waals surface area contributed by atoms with Crippen molar-refractivity contribution in [2.75, 3.05) is 12.8 Å². The van der Waals surface area contributed by atoms with Crippen molar-refractivity contribution in [1.82, 2.24) is 0 Å². The molecule has 0 aliphatic heterocycles. The summed E-state index contributed by atoms with van der Waals surface area (Å²) in [5.41, 5.74) is 6.14. The molecular formula is C19H29NO5. The molecule has 6 heteroatoms. The summed E-state index contributed by atoms with van der Waals surface area (Å²) in [4.78, 5) is 25.3. The third-order valence-electron chi connectivity index (χ3n) is 3.06. The molecule has 140 valence electrons. The average molecular weight is 351 g/mol. The zero-order chi connectivity index (χ0) is 19.4. The third-order valence-corrected chi connectivity index (χ3v) is 3.06. The maximum absolute atomic E-state index is 12.6. The Morgan fingerprint density at radius 3 is 1.84 bits per heavy atom. The van der Waals surface area contributed by atoms with Gasteiger partial charge >= 0.3 is 11.9 Å². The van der Waals surface area contributed by atoms with E-state index in [0.717, 1.165) is 5.56 Å². The summed E-state index contributed by atoms with van der Waals surface area (Å²) in [5.74, 6) is -2.61. The van der Waals surface area contributed by atoms with Crippen molar-refractivity contribution >= 4 is 17.6 Å². The number of hydrogen-bond donors (Lipinski definition) is 1. The van der Waals surface area contributed by atoms with Gasteiger partial charge < -0.3 is 19.9 Å². The molecule has 6 nitrogen and oxygen atoms in total. The lowest BCUT2D eigenvalue weighted by atomic mass is 9.95. The van der Waals surface area contributed by atoms with Crippen LogP contribution < -0.4 is 5.73 Å². The number of carbonyl (C=O) groups is 2. The van der Waals surface area contributed by atoms with Crippen molar-refractivity contribution < 1.29 is 23.8 Å². The molecule has 0 saturated heterocycles. The zero-order valence-electron chi connectivity index (χ0n) is 16.1. The van der Waals surface area contributed by atoms with Gasteiger partial charge in [-0.1, -0.05) is 12.1 Å². The highest BCUT2D eigenvalue weighted by molar-refractivity contribution is 6.02. The van der Waals surface area contributed by atoms with E-state index in [1.807, 2.05) is 0 Å². The third kappa shape index (κ3) is 6.74. The molecule has 2 N–H and O–H groups in total. The minimum absolute atomic E-state index is 0.316. The van der Waals surface area contributed by atoms with Gasteiger partial charge in [-0.2, -0.15) is 0 Å². The Morgan fingerprint density at radius 1 is 1.00 bits per heavy atom. The van der Waals surface area contributed by atoms with E-state index in [9.17, 15) is 9.59 Å². The maximum atomic E-state index is 12.6. The molecule has 0 aliphatic carbocycles. The Morgan fingerprint density at radius 2 is 1.48 bits per heavy atom. The van der Waals surface area contributed by atoms with Gasteiger partial charge in [0.05, 0.1) is 6.61 Å². The lowest BCUT2D eigenvalue weighted by Gasteiger charge is -2.27. The van der Waals surface area contributed by atoms with Gasteiger partial charge in [-0.25, -0.2) is 0 Å². The number of methoxy groups -OCH3 is 1. The monoisotopic (exact) mass is 351 g/mol. The number of esters is 2. The van der Waals surface area contributed by atoms with Gasteiger partial charge in [-0.15, -0.1) is 0 Å². The quantitative estimate of drug-likeness (QED) is 0.498. The summed E-state index contributed by atoms with van der Waals surface area (Å²) in [6, 6.07) is 5.08. The molecule has 1 aromatic carbocycles. The Balaban J connectivity index is 3.26. The molecule has 0 heterocycles. The van der Waals surface area contributed by atoms with Crippen LogP contribution in [0.1, 0.15) is 58.6 Å². The molecule has 0 spiro atoms. The molecule has 0 amide bonds. The highest BCUT2D eigenvalue weighted by Crippen LogP contribution is 2.29. The van der Waals surface area contributed by atoms with Crippen molar-refractivity contribution in [3.63, 3.8) is 0 Å². The van der Waals surface area contributed by atoms with E-state index in [1.54, 1.807) is 66.9 Å². The summed E-state index contributed by atoms with van der Waals surface area (Å²) in [6.07, 6.45) is 0. The number of hydrogen-bond acceptors (Lipinski definition) is 6. The van der Waals surface area contributed by atoms with Gasteiger partial charge in [-0.05, 0) is 53.2 Å². The van der Waals surface area contributed by atoms with Crippen molar-refractivity contribution in [3.8, 4) is 0 Å². The van der Waals surface area contributed by atoms with Gasteiger partial charge in [0.2, 0.25) is 0 Å². The fraction of sp³-hybridized carbons (Fsp3) is 0.579. The van der Waals surface area contributed by atoms with Crippen LogP contribution in [0.15, 0.2) is 18.2 Å². The van der Waals surface area contributed by atoms with Crippen LogP contribution in [0.3, 0.4) is 0 Å². The fourth-order valence-corrected chi connectivity index (χ4v) is 2.22. The second kappa shape index (κ2) is 7.87. The number of nitrogen functional groups attached to an aromatic ring is 1. The Bertz CT molecular complexity index is 598. The summed E-state index contributed by atoms with van der Waals surface area (Å²) in [7, 11) is 1.58. The van der Waals surface area contributed by atoms with Crippen LogP contribution in [0, 0.1) is 0 Å². The Kier molecular flexibility index (Phi) is 6.60. The summed E-state index contributed by atoms with van der Waals surface area (Å²) in [6.45, 7) is 10.8. The second-order valence-corrected chi connectivity index (χ2v) is 7.90. The molecule has 25 heavy (non-hydrogen) atoms. The van der Waals surface area contributed by atoms with Crippen molar-refractivity contribution in [3.05, 3.63) is 29.3 Å². The van der Waals surface area contributed by atoms with Gasteiger partial charge in [0, 0.05) is 18.4 Å². The molecule has 1 rings (SSSR count). The normalized spacial score (nSPS) is 12.2. The smallest absolute Gasteiger partial charge is 0.325 e. The molecule has 0 aromatic heterocycles. The summed E-state index contributed by atoms with van der Waals surface area (Å²) in [5, 5.41) is 0. The van der Waals surface area contributed by atoms with E-state index in [1.165, 1.54) is 0 Å². The largest absolute Gasteiger partial charge is 0.459 e. The Hall–Kier alpha value is -2.08. The second-order valence-electron chi connectivity index (χ2n) is 7.90. The first-order valence-electron chi connectivity index (χ1n) is 8.17. The first-order chi connectivity index (χ1) is 11.3. The molecule has 0 fully saturated rings. The SMILES string of the molecule is COCc1ccc(C(C(=O)OC(C)(C)C)C(=O)OC(C)(C)C)c(N)c1. The topological polar surface area (TPSA) is 87.8 Å². The number of carbonyl (C=O) groups excluding carboxylic acids is 2. The van der Waals surface area contributed by atoms with Crippen LogP contribution in [-0.2, 0) is 30.4 Å². The molecular weight excluding hydrogens is 322 g/mol. The van der Waals surface area contributed by atoms with E-state index < -0.39 is 29.1 Å². The van der Waals surface area contributed by atoms with Crippen molar-refractivity contribution in [1.29, 1.82) is 0 Å². The fourth-order valence-electron chi connectivity index (χ4n) is 2.22. The molecule has 0 saturated carbocycles. The van der Waals surface area contributed by atoms with E-state index in [-0.39, 0.29) is 0 Å². The molecule has 0 unspecified atom stereocenters. The summed E-state index contributed by atoms with van der Waals surface area (Å²) >= 11 is 0. The number of nitrogens with two attached hydrogens (primary N) is 1.